The van der Waals surface area contributed by atoms with E-state index in [0.717, 1.165) is 11.6 Å². The van der Waals surface area contributed by atoms with Crippen molar-refractivity contribution in [2.24, 2.45) is 0 Å². The predicted octanol–water partition coefficient (Wildman–Crippen LogP) is 3.96. The Kier molecular flexibility index (Phi) is 5.53. The second kappa shape index (κ2) is 7.38. The fraction of sp³-hybridized carbons (Fsp3) is 0.250. The fourth-order valence-electron chi connectivity index (χ4n) is 2.04. The molecule has 0 aliphatic heterocycles. The Balaban J connectivity index is 1.83. The quantitative estimate of drug-likeness (QED) is 0.815. The van der Waals surface area contributed by atoms with Gasteiger partial charge in [0.05, 0.1) is 12.1 Å². The molecule has 0 amide bonds. The molecule has 0 spiro atoms. The smallest absolute Gasteiger partial charge is 0.137 e. The van der Waals surface area contributed by atoms with Gasteiger partial charge in [-0.3, -0.25) is 0 Å². The maximum atomic E-state index is 13.0. The number of benzene rings is 2. The summed E-state index contributed by atoms with van der Waals surface area (Å²) in [7, 11) is 1.57. The van der Waals surface area contributed by atoms with E-state index in [1.54, 1.807) is 13.2 Å². The van der Waals surface area contributed by atoms with Crippen LogP contribution in [0.2, 0.25) is 5.02 Å². The molecule has 0 aliphatic rings. The van der Waals surface area contributed by atoms with E-state index in [1.165, 1.54) is 12.1 Å². The second-order valence-corrected chi connectivity index (χ2v) is 5.08. The molecule has 0 heterocycles. The van der Waals surface area contributed by atoms with Gasteiger partial charge in [0, 0.05) is 12.6 Å². The Bertz CT molecular complexity index is 599. The molecule has 0 bridgehead atoms. The van der Waals surface area contributed by atoms with E-state index in [2.05, 4.69) is 5.32 Å². The molecule has 0 aliphatic carbocycles. The van der Waals surface area contributed by atoms with Gasteiger partial charge >= 0.3 is 0 Å². The monoisotopic (exact) mass is 311 g/mol. The summed E-state index contributed by atoms with van der Waals surface area (Å²) in [4.78, 5) is 0. The average molecular weight is 312 g/mol. The molecule has 1 N–H and O–H groups in total. The van der Waals surface area contributed by atoms with Gasteiger partial charge in [0.15, 0.2) is 0 Å². The SMILES string of the molecule is COc1ccc(CNCCc2cc(F)cc(F)c2)cc1Cl. The van der Waals surface area contributed by atoms with E-state index in [1.807, 2.05) is 12.1 Å². The number of methoxy groups -OCH3 is 1. The maximum absolute atomic E-state index is 13.0. The summed E-state index contributed by atoms with van der Waals surface area (Å²) in [5, 5.41) is 3.77. The lowest BCUT2D eigenvalue weighted by atomic mass is 10.1. The summed E-state index contributed by atoms with van der Waals surface area (Å²) in [6.07, 6.45) is 0.554. The van der Waals surface area contributed by atoms with Gasteiger partial charge in [-0.25, -0.2) is 8.78 Å². The van der Waals surface area contributed by atoms with Crippen molar-refractivity contribution in [3.63, 3.8) is 0 Å². The van der Waals surface area contributed by atoms with E-state index in [-0.39, 0.29) is 0 Å². The Labute approximate surface area is 127 Å². The highest BCUT2D eigenvalue weighted by molar-refractivity contribution is 6.32. The van der Waals surface area contributed by atoms with E-state index in [0.29, 0.717) is 35.8 Å². The Hall–Kier alpha value is -1.65. The minimum absolute atomic E-state index is 0.549. The Morgan fingerprint density at radius 2 is 1.76 bits per heavy atom. The molecule has 0 unspecified atom stereocenters. The zero-order valence-electron chi connectivity index (χ0n) is 11.6. The van der Waals surface area contributed by atoms with Gasteiger partial charge in [0.2, 0.25) is 0 Å². The van der Waals surface area contributed by atoms with E-state index >= 15 is 0 Å². The molecule has 0 saturated heterocycles. The zero-order valence-corrected chi connectivity index (χ0v) is 12.4. The highest BCUT2D eigenvalue weighted by Gasteiger charge is 2.03. The third-order valence-electron chi connectivity index (χ3n) is 3.06. The van der Waals surface area contributed by atoms with Crippen LogP contribution < -0.4 is 10.1 Å². The molecule has 2 aromatic rings. The summed E-state index contributed by atoms with van der Waals surface area (Å²) in [6, 6.07) is 9.11. The topological polar surface area (TPSA) is 21.3 Å². The summed E-state index contributed by atoms with van der Waals surface area (Å²) in [6.45, 7) is 1.24. The average Bonchev–Trinajstić information content (AvgIpc) is 2.43. The van der Waals surface area contributed by atoms with Crippen LogP contribution >= 0.6 is 11.6 Å². The molecule has 2 aromatic carbocycles. The first-order valence-corrected chi connectivity index (χ1v) is 6.94. The Morgan fingerprint density at radius 3 is 2.38 bits per heavy atom. The minimum atomic E-state index is -0.549. The number of ether oxygens (including phenoxy) is 1. The molecule has 21 heavy (non-hydrogen) atoms. The van der Waals surface area contributed by atoms with Crippen molar-refractivity contribution in [1.82, 2.24) is 5.32 Å². The van der Waals surface area contributed by atoms with E-state index in [4.69, 9.17) is 16.3 Å². The van der Waals surface area contributed by atoms with Gasteiger partial charge in [-0.1, -0.05) is 17.7 Å². The van der Waals surface area contributed by atoms with E-state index < -0.39 is 11.6 Å². The second-order valence-electron chi connectivity index (χ2n) is 4.67. The first-order chi connectivity index (χ1) is 10.1. The molecule has 2 rings (SSSR count). The van der Waals surface area contributed by atoms with Crippen LogP contribution in [0.5, 0.6) is 5.75 Å². The van der Waals surface area contributed by atoms with Gasteiger partial charge < -0.3 is 10.1 Å². The van der Waals surface area contributed by atoms with Crippen LogP contribution in [-0.2, 0) is 13.0 Å². The van der Waals surface area contributed by atoms with Crippen molar-refractivity contribution in [2.75, 3.05) is 13.7 Å². The van der Waals surface area contributed by atoms with Gasteiger partial charge in [-0.2, -0.15) is 0 Å². The summed E-state index contributed by atoms with van der Waals surface area (Å²) in [5.74, 6) is -0.463. The van der Waals surface area contributed by atoms with Crippen molar-refractivity contribution in [3.05, 3.63) is 64.2 Å². The van der Waals surface area contributed by atoms with Crippen LogP contribution in [0.25, 0.3) is 0 Å². The summed E-state index contributed by atoms with van der Waals surface area (Å²) in [5.41, 5.74) is 1.65. The van der Waals surface area contributed by atoms with Crippen molar-refractivity contribution in [2.45, 2.75) is 13.0 Å². The lowest BCUT2D eigenvalue weighted by molar-refractivity contribution is 0.415. The third kappa shape index (κ3) is 4.69. The lowest BCUT2D eigenvalue weighted by Crippen LogP contribution is -2.16. The molecule has 5 heteroatoms. The third-order valence-corrected chi connectivity index (χ3v) is 3.35. The minimum Gasteiger partial charge on any atom is -0.495 e. The zero-order chi connectivity index (χ0) is 15.2. The fourth-order valence-corrected chi connectivity index (χ4v) is 2.32. The van der Waals surface area contributed by atoms with Crippen LogP contribution in [0, 0.1) is 11.6 Å². The molecular formula is C16H16ClF2NO. The highest BCUT2D eigenvalue weighted by atomic mass is 35.5. The molecule has 0 fully saturated rings. The largest absolute Gasteiger partial charge is 0.495 e. The first kappa shape index (κ1) is 15.7. The van der Waals surface area contributed by atoms with Gasteiger partial charge in [-0.15, -0.1) is 0 Å². The van der Waals surface area contributed by atoms with Crippen molar-refractivity contribution in [3.8, 4) is 5.75 Å². The number of hydrogen-bond donors (Lipinski definition) is 1. The molecule has 0 aromatic heterocycles. The molecule has 0 atom stereocenters. The molecule has 0 radical (unpaired) electrons. The van der Waals surface area contributed by atoms with Crippen LogP contribution in [0.3, 0.4) is 0 Å². The normalized spacial score (nSPS) is 10.7. The Morgan fingerprint density at radius 1 is 1.05 bits per heavy atom. The summed E-state index contributed by atoms with van der Waals surface area (Å²) < 4.78 is 31.1. The van der Waals surface area contributed by atoms with Crippen LogP contribution in [0.15, 0.2) is 36.4 Å². The van der Waals surface area contributed by atoms with Crippen LogP contribution in [0.1, 0.15) is 11.1 Å². The number of halogens is 3. The van der Waals surface area contributed by atoms with Crippen LogP contribution in [-0.4, -0.2) is 13.7 Å². The first-order valence-electron chi connectivity index (χ1n) is 6.56. The summed E-state index contributed by atoms with van der Waals surface area (Å²) >= 11 is 6.04. The van der Waals surface area contributed by atoms with Gasteiger partial charge in [0.1, 0.15) is 17.4 Å². The maximum Gasteiger partial charge on any atom is 0.137 e. The van der Waals surface area contributed by atoms with Crippen LogP contribution in [0.4, 0.5) is 8.78 Å². The number of hydrogen-bond acceptors (Lipinski definition) is 2. The van der Waals surface area contributed by atoms with E-state index in [9.17, 15) is 8.78 Å². The molecule has 2 nitrogen and oxygen atoms in total. The van der Waals surface area contributed by atoms with Gasteiger partial charge in [0.25, 0.3) is 0 Å². The predicted molar refractivity (Wildman–Crippen MR) is 79.8 cm³/mol. The molecule has 112 valence electrons. The number of nitrogens with one attached hydrogen (secondary N) is 1. The van der Waals surface area contributed by atoms with Crippen molar-refractivity contribution >= 4 is 11.6 Å². The van der Waals surface area contributed by atoms with Crippen molar-refractivity contribution in [1.29, 1.82) is 0 Å². The van der Waals surface area contributed by atoms with Crippen molar-refractivity contribution < 1.29 is 13.5 Å². The highest BCUT2D eigenvalue weighted by Crippen LogP contribution is 2.24. The standard InChI is InChI=1S/C16H16ClF2NO/c1-21-16-3-2-12(8-15(16)17)10-20-5-4-11-6-13(18)9-14(19)7-11/h2-3,6-9,20H,4-5,10H2,1H3. The lowest BCUT2D eigenvalue weighted by Gasteiger charge is -2.08. The number of rotatable bonds is 6. The molecular weight excluding hydrogens is 296 g/mol. The molecule has 0 saturated carbocycles. The van der Waals surface area contributed by atoms with Gasteiger partial charge in [-0.05, 0) is 48.4 Å².